The number of hydrogen-bond acceptors (Lipinski definition) is 6. The van der Waals surface area contributed by atoms with Gasteiger partial charge in [-0.25, -0.2) is 0 Å². The summed E-state index contributed by atoms with van der Waals surface area (Å²) < 4.78 is 5.46. The Morgan fingerprint density at radius 3 is 3.00 bits per heavy atom. The molecule has 2 aliphatic heterocycles. The molecule has 4 rings (SSSR count). The van der Waals surface area contributed by atoms with Crippen molar-refractivity contribution in [1.82, 2.24) is 25.3 Å². The van der Waals surface area contributed by atoms with E-state index in [2.05, 4.69) is 32.2 Å². The van der Waals surface area contributed by atoms with Crippen molar-refractivity contribution in [2.24, 2.45) is 5.92 Å². The Kier molecular flexibility index (Phi) is 8.75. The van der Waals surface area contributed by atoms with Crippen LogP contribution in [0.4, 0.5) is 0 Å². The Labute approximate surface area is 201 Å². The number of hydrogen-bond donors (Lipinski definition) is 1. The lowest BCUT2D eigenvalue weighted by atomic mass is 9.97. The molecule has 0 radical (unpaired) electrons. The van der Waals surface area contributed by atoms with Crippen LogP contribution in [-0.2, 0) is 11.3 Å². The number of piperidine rings is 2. The Morgan fingerprint density at radius 2 is 2.15 bits per heavy atom. The second kappa shape index (κ2) is 12.0. The summed E-state index contributed by atoms with van der Waals surface area (Å²) >= 11 is 6.07. The maximum Gasteiger partial charge on any atom is 0.241 e. The van der Waals surface area contributed by atoms with Crippen molar-refractivity contribution in [2.45, 2.75) is 64.5 Å². The molecule has 1 aromatic heterocycles. The van der Waals surface area contributed by atoms with Gasteiger partial charge in [-0.2, -0.15) is 4.98 Å². The molecule has 33 heavy (non-hydrogen) atoms. The van der Waals surface area contributed by atoms with Crippen LogP contribution in [0.15, 0.2) is 28.8 Å². The van der Waals surface area contributed by atoms with Crippen LogP contribution in [0.2, 0.25) is 5.02 Å². The average Bonchev–Trinajstić information content (AvgIpc) is 3.30. The van der Waals surface area contributed by atoms with Crippen molar-refractivity contribution in [1.29, 1.82) is 0 Å². The van der Waals surface area contributed by atoms with Crippen molar-refractivity contribution in [3.8, 4) is 11.4 Å². The Morgan fingerprint density at radius 1 is 1.24 bits per heavy atom. The van der Waals surface area contributed by atoms with Gasteiger partial charge in [0.05, 0.1) is 12.5 Å². The van der Waals surface area contributed by atoms with Gasteiger partial charge in [0.1, 0.15) is 0 Å². The van der Waals surface area contributed by atoms with Gasteiger partial charge in [0.2, 0.25) is 17.6 Å². The first-order valence-corrected chi connectivity index (χ1v) is 12.8. The molecule has 1 N–H and O–H groups in total. The first kappa shape index (κ1) is 24.2. The number of rotatable bonds is 9. The van der Waals surface area contributed by atoms with Crippen LogP contribution in [0, 0.1) is 5.92 Å². The summed E-state index contributed by atoms with van der Waals surface area (Å²) in [7, 11) is 0. The lowest BCUT2D eigenvalue weighted by molar-refractivity contribution is -0.126. The largest absolute Gasteiger partial charge is 0.356 e. The van der Waals surface area contributed by atoms with Crippen LogP contribution in [0.25, 0.3) is 11.4 Å². The van der Waals surface area contributed by atoms with E-state index in [4.69, 9.17) is 16.1 Å². The average molecular weight is 474 g/mol. The molecule has 2 fully saturated rings. The SMILES string of the molecule is CCC1CCCCN1CCCNC(=O)C1CCCN(Cc2nc(-c3cccc(Cl)c3)no2)C1. The molecule has 2 saturated heterocycles. The molecular weight excluding hydrogens is 438 g/mol. The fraction of sp³-hybridized carbons (Fsp3) is 0.640. The lowest BCUT2D eigenvalue weighted by Gasteiger charge is -2.35. The van der Waals surface area contributed by atoms with Crippen molar-refractivity contribution in [3.63, 3.8) is 0 Å². The van der Waals surface area contributed by atoms with E-state index in [1.54, 1.807) is 0 Å². The summed E-state index contributed by atoms with van der Waals surface area (Å²) in [4.78, 5) is 22.1. The van der Waals surface area contributed by atoms with Gasteiger partial charge in [0, 0.05) is 36.3 Å². The molecule has 2 aromatic rings. The number of benzene rings is 1. The van der Waals surface area contributed by atoms with E-state index in [1.807, 2.05) is 24.3 Å². The third-order valence-electron chi connectivity index (χ3n) is 6.93. The summed E-state index contributed by atoms with van der Waals surface area (Å²) in [5.74, 6) is 1.30. The van der Waals surface area contributed by atoms with Crippen molar-refractivity contribution < 1.29 is 9.32 Å². The second-order valence-corrected chi connectivity index (χ2v) is 9.77. The normalized spacial score (nSPS) is 22.4. The van der Waals surface area contributed by atoms with Crippen LogP contribution in [0.3, 0.4) is 0 Å². The van der Waals surface area contributed by atoms with Crippen LogP contribution >= 0.6 is 11.6 Å². The van der Waals surface area contributed by atoms with Gasteiger partial charge in [-0.05, 0) is 63.7 Å². The van der Waals surface area contributed by atoms with Crippen LogP contribution in [-0.4, -0.2) is 64.6 Å². The second-order valence-electron chi connectivity index (χ2n) is 9.33. The van der Waals surface area contributed by atoms with Gasteiger partial charge < -0.3 is 14.7 Å². The standard InChI is InChI=1S/C25H36ClN5O2/c1-2-22-11-3-4-14-31(22)15-7-12-27-25(32)20-9-6-13-30(17-20)18-23-28-24(29-33-23)19-8-5-10-21(26)16-19/h5,8,10,16,20,22H,2-4,6-7,9,11-15,17-18H2,1H3,(H,27,32). The lowest BCUT2D eigenvalue weighted by Crippen LogP contribution is -2.44. The predicted molar refractivity (Wildman–Crippen MR) is 130 cm³/mol. The van der Waals surface area contributed by atoms with Gasteiger partial charge in [0.25, 0.3) is 0 Å². The Balaban J connectivity index is 1.21. The minimum Gasteiger partial charge on any atom is -0.356 e. The number of aromatic nitrogens is 2. The van der Waals surface area contributed by atoms with Crippen molar-refractivity contribution in [3.05, 3.63) is 35.2 Å². The number of carbonyl (C=O) groups is 1. The number of carbonyl (C=O) groups excluding carboxylic acids is 1. The summed E-state index contributed by atoms with van der Waals surface area (Å²) in [5, 5.41) is 7.92. The monoisotopic (exact) mass is 473 g/mol. The summed E-state index contributed by atoms with van der Waals surface area (Å²) in [5.41, 5.74) is 0.836. The van der Waals surface area contributed by atoms with Crippen LogP contribution in [0.5, 0.6) is 0 Å². The highest BCUT2D eigenvalue weighted by atomic mass is 35.5. The van der Waals surface area contributed by atoms with Gasteiger partial charge in [-0.15, -0.1) is 0 Å². The van der Waals surface area contributed by atoms with E-state index in [0.29, 0.717) is 23.3 Å². The maximum atomic E-state index is 12.8. The van der Waals surface area contributed by atoms with Crippen LogP contribution < -0.4 is 5.32 Å². The predicted octanol–water partition coefficient (Wildman–Crippen LogP) is 4.37. The molecule has 8 heteroatoms. The number of halogens is 1. The molecule has 2 unspecified atom stereocenters. The number of nitrogens with one attached hydrogen (secondary N) is 1. The third-order valence-corrected chi connectivity index (χ3v) is 7.16. The summed E-state index contributed by atoms with van der Waals surface area (Å²) in [6.07, 6.45) is 8.17. The minimum atomic E-state index is 0.0208. The number of likely N-dealkylation sites (tertiary alicyclic amines) is 2. The first-order valence-electron chi connectivity index (χ1n) is 12.4. The highest BCUT2D eigenvalue weighted by molar-refractivity contribution is 6.30. The molecule has 2 atom stereocenters. The highest BCUT2D eigenvalue weighted by Gasteiger charge is 2.27. The smallest absolute Gasteiger partial charge is 0.241 e. The fourth-order valence-corrected chi connectivity index (χ4v) is 5.31. The van der Waals surface area contributed by atoms with E-state index < -0.39 is 0 Å². The van der Waals surface area contributed by atoms with E-state index in [-0.39, 0.29) is 11.8 Å². The number of nitrogens with zero attached hydrogens (tertiary/aromatic N) is 4. The molecule has 0 aliphatic carbocycles. The van der Waals surface area contributed by atoms with E-state index in [0.717, 1.165) is 57.0 Å². The van der Waals surface area contributed by atoms with E-state index >= 15 is 0 Å². The van der Waals surface area contributed by atoms with Crippen LogP contribution in [0.1, 0.15) is 57.8 Å². The van der Waals surface area contributed by atoms with Gasteiger partial charge in [-0.3, -0.25) is 9.69 Å². The highest BCUT2D eigenvalue weighted by Crippen LogP contribution is 2.23. The van der Waals surface area contributed by atoms with Crippen molar-refractivity contribution in [2.75, 3.05) is 32.7 Å². The quantitative estimate of drug-likeness (QED) is 0.545. The zero-order chi connectivity index (χ0) is 23.0. The zero-order valence-electron chi connectivity index (χ0n) is 19.6. The summed E-state index contributed by atoms with van der Waals surface area (Å²) in [6, 6.07) is 8.16. The molecule has 2 aliphatic rings. The molecule has 1 aromatic carbocycles. The molecule has 1 amide bonds. The first-order chi connectivity index (χ1) is 16.1. The molecular formula is C25H36ClN5O2. The molecule has 0 bridgehead atoms. The topological polar surface area (TPSA) is 74.5 Å². The molecule has 0 saturated carbocycles. The number of amides is 1. The van der Waals surface area contributed by atoms with Gasteiger partial charge in [0.15, 0.2) is 0 Å². The fourth-order valence-electron chi connectivity index (χ4n) is 5.12. The Hall–Kier alpha value is -1.96. The molecule has 0 spiro atoms. The third kappa shape index (κ3) is 6.78. The zero-order valence-corrected chi connectivity index (χ0v) is 20.4. The molecule has 180 valence electrons. The molecule has 7 nitrogen and oxygen atoms in total. The van der Waals surface area contributed by atoms with Crippen molar-refractivity contribution >= 4 is 17.5 Å². The Bertz CT molecular complexity index is 904. The minimum absolute atomic E-state index is 0.0208. The van der Waals surface area contributed by atoms with E-state index in [1.165, 1.54) is 32.2 Å². The maximum absolute atomic E-state index is 12.8. The van der Waals surface area contributed by atoms with E-state index in [9.17, 15) is 4.79 Å². The summed E-state index contributed by atoms with van der Waals surface area (Å²) in [6.45, 7) is 7.56. The van der Waals surface area contributed by atoms with Gasteiger partial charge >= 0.3 is 0 Å². The molecule has 3 heterocycles. The van der Waals surface area contributed by atoms with Gasteiger partial charge in [-0.1, -0.05) is 42.2 Å².